The molecule has 2 rings (SSSR count). The number of sulfonamides is 1. The van der Waals surface area contributed by atoms with E-state index in [1.165, 1.54) is 10.4 Å². The number of nitrogens with one attached hydrogen (secondary N) is 1. The summed E-state index contributed by atoms with van der Waals surface area (Å²) in [6, 6.07) is 4.73. The van der Waals surface area contributed by atoms with Gasteiger partial charge in [-0.1, -0.05) is 6.07 Å². The molecule has 7 nitrogen and oxygen atoms in total. The Kier molecular flexibility index (Phi) is 5.06. The van der Waals surface area contributed by atoms with Crippen LogP contribution < -0.4 is 5.32 Å². The zero-order chi connectivity index (χ0) is 17.2. The lowest BCUT2D eigenvalue weighted by Gasteiger charge is -2.29. The monoisotopic (exact) mass is 340 g/mol. The Morgan fingerprint density at radius 1 is 1.26 bits per heavy atom. The molecule has 0 radical (unpaired) electrons. The molecule has 0 aliphatic carbocycles. The molecule has 23 heavy (non-hydrogen) atoms. The lowest BCUT2D eigenvalue weighted by Crippen LogP contribution is -2.40. The minimum Gasteiger partial charge on any atom is -0.478 e. The summed E-state index contributed by atoms with van der Waals surface area (Å²) >= 11 is 0. The summed E-state index contributed by atoms with van der Waals surface area (Å²) in [7, 11) is -3.22. The van der Waals surface area contributed by atoms with Gasteiger partial charge < -0.3 is 10.4 Å². The van der Waals surface area contributed by atoms with Gasteiger partial charge in [-0.2, -0.15) is 0 Å². The number of carbonyl (C=O) groups is 2. The van der Waals surface area contributed by atoms with E-state index in [-0.39, 0.29) is 17.4 Å². The summed E-state index contributed by atoms with van der Waals surface area (Å²) in [6.07, 6.45) is 2.07. The fourth-order valence-electron chi connectivity index (χ4n) is 2.62. The molecule has 8 heteroatoms. The number of hydrogen-bond donors (Lipinski definition) is 2. The number of benzene rings is 1. The standard InChI is InChI=1S/C15H20N2O5S/c1-10-3-4-12(9-13(10)15(19)20)16-14(18)11-5-7-17(8-6-11)23(2,21)22/h3-4,9,11H,5-8H2,1-2H3,(H,16,18)(H,19,20). The van der Waals surface area contributed by atoms with Gasteiger partial charge in [-0.05, 0) is 37.5 Å². The molecular formula is C15H20N2O5S. The lowest BCUT2D eigenvalue weighted by molar-refractivity contribution is -0.120. The first-order valence-corrected chi connectivity index (χ1v) is 9.13. The number of carbonyl (C=O) groups excluding carboxylic acids is 1. The molecule has 2 N–H and O–H groups in total. The predicted molar refractivity (Wildman–Crippen MR) is 85.9 cm³/mol. The fraction of sp³-hybridized carbons (Fsp3) is 0.467. The van der Waals surface area contributed by atoms with Crippen molar-refractivity contribution in [1.82, 2.24) is 4.31 Å². The van der Waals surface area contributed by atoms with Crippen molar-refractivity contribution in [3.63, 3.8) is 0 Å². The second kappa shape index (κ2) is 6.67. The number of aromatic carboxylic acids is 1. The largest absolute Gasteiger partial charge is 0.478 e. The number of amides is 1. The Balaban J connectivity index is 2.01. The van der Waals surface area contributed by atoms with Gasteiger partial charge in [-0.25, -0.2) is 17.5 Å². The highest BCUT2D eigenvalue weighted by atomic mass is 32.2. The zero-order valence-corrected chi connectivity index (χ0v) is 13.9. The second-order valence-corrected chi connectivity index (χ2v) is 7.74. The van der Waals surface area contributed by atoms with Crippen molar-refractivity contribution in [2.24, 2.45) is 5.92 Å². The first-order chi connectivity index (χ1) is 10.7. The van der Waals surface area contributed by atoms with Gasteiger partial charge in [-0.15, -0.1) is 0 Å². The van der Waals surface area contributed by atoms with Crippen LogP contribution >= 0.6 is 0 Å². The number of anilines is 1. The highest BCUT2D eigenvalue weighted by Gasteiger charge is 2.29. The summed E-state index contributed by atoms with van der Waals surface area (Å²) in [5.41, 5.74) is 1.20. The van der Waals surface area contributed by atoms with Crippen molar-refractivity contribution < 1.29 is 23.1 Å². The Labute approximate surface area is 135 Å². The first-order valence-electron chi connectivity index (χ1n) is 7.28. The maximum absolute atomic E-state index is 12.3. The molecule has 1 aliphatic heterocycles. The smallest absolute Gasteiger partial charge is 0.336 e. The SMILES string of the molecule is Cc1ccc(NC(=O)C2CCN(S(C)(=O)=O)CC2)cc1C(=O)O. The molecular weight excluding hydrogens is 320 g/mol. The van der Waals surface area contributed by atoms with Crippen molar-refractivity contribution in [1.29, 1.82) is 0 Å². The maximum Gasteiger partial charge on any atom is 0.336 e. The van der Waals surface area contributed by atoms with Crippen LogP contribution in [0.1, 0.15) is 28.8 Å². The third-order valence-corrected chi connectivity index (χ3v) is 5.33. The minimum atomic E-state index is -3.22. The van der Waals surface area contributed by atoms with Crippen LogP contribution in [0, 0.1) is 12.8 Å². The molecule has 0 aromatic heterocycles. The molecule has 1 aliphatic rings. The van der Waals surface area contributed by atoms with Crippen LogP contribution in [-0.4, -0.2) is 49.1 Å². The molecule has 0 atom stereocenters. The van der Waals surface area contributed by atoms with E-state index >= 15 is 0 Å². The number of aryl methyl sites for hydroxylation is 1. The van der Waals surface area contributed by atoms with Gasteiger partial charge in [0.2, 0.25) is 15.9 Å². The summed E-state index contributed by atoms with van der Waals surface area (Å²) in [6.45, 7) is 2.34. The summed E-state index contributed by atoms with van der Waals surface area (Å²) in [5.74, 6) is -1.53. The quantitative estimate of drug-likeness (QED) is 0.860. The Morgan fingerprint density at radius 3 is 2.39 bits per heavy atom. The lowest BCUT2D eigenvalue weighted by atomic mass is 9.97. The third kappa shape index (κ3) is 4.29. The predicted octanol–water partition coefficient (Wildman–Crippen LogP) is 1.30. The number of rotatable bonds is 4. The van der Waals surface area contributed by atoms with Crippen LogP contribution in [0.3, 0.4) is 0 Å². The van der Waals surface area contributed by atoms with E-state index in [2.05, 4.69) is 5.32 Å². The van der Waals surface area contributed by atoms with E-state index in [1.807, 2.05) is 0 Å². The Hall–Kier alpha value is -1.93. The van der Waals surface area contributed by atoms with Gasteiger partial charge in [0.25, 0.3) is 0 Å². The molecule has 1 amide bonds. The van der Waals surface area contributed by atoms with Gasteiger partial charge in [0.1, 0.15) is 0 Å². The van der Waals surface area contributed by atoms with E-state index in [1.54, 1.807) is 19.1 Å². The van der Waals surface area contributed by atoms with Crippen molar-refractivity contribution in [2.75, 3.05) is 24.7 Å². The van der Waals surface area contributed by atoms with E-state index < -0.39 is 16.0 Å². The molecule has 0 saturated carbocycles. The average Bonchev–Trinajstić information content (AvgIpc) is 2.48. The van der Waals surface area contributed by atoms with E-state index in [0.29, 0.717) is 37.2 Å². The highest BCUT2D eigenvalue weighted by Crippen LogP contribution is 2.22. The molecule has 1 saturated heterocycles. The number of piperidine rings is 1. The molecule has 1 aromatic rings. The highest BCUT2D eigenvalue weighted by molar-refractivity contribution is 7.88. The molecule has 1 heterocycles. The maximum atomic E-state index is 12.3. The summed E-state index contributed by atoms with van der Waals surface area (Å²) in [5, 5.41) is 11.8. The van der Waals surface area contributed by atoms with Crippen LogP contribution in [0.5, 0.6) is 0 Å². The van der Waals surface area contributed by atoms with E-state index in [4.69, 9.17) is 5.11 Å². The molecule has 1 fully saturated rings. The fourth-order valence-corrected chi connectivity index (χ4v) is 3.50. The zero-order valence-electron chi connectivity index (χ0n) is 13.1. The van der Waals surface area contributed by atoms with Gasteiger partial charge in [0.15, 0.2) is 0 Å². The van der Waals surface area contributed by atoms with Crippen LogP contribution in [-0.2, 0) is 14.8 Å². The molecule has 126 valence electrons. The van der Waals surface area contributed by atoms with Crippen LogP contribution in [0.2, 0.25) is 0 Å². The van der Waals surface area contributed by atoms with Crippen LogP contribution in [0.25, 0.3) is 0 Å². The van der Waals surface area contributed by atoms with Crippen molar-refractivity contribution in [3.8, 4) is 0 Å². The van der Waals surface area contributed by atoms with Gasteiger partial charge in [0, 0.05) is 24.7 Å². The number of nitrogens with zero attached hydrogens (tertiary/aromatic N) is 1. The third-order valence-electron chi connectivity index (χ3n) is 4.03. The van der Waals surface area contributed by atoms with Crippen LogP contribution in [0.15, 0.2) is 18.2 Å². The Morgan fingerprint density at radius 2 is 1.87 bits per heavy atom. The summed E-state index contributed by atoms with van der Waals surface area (Å²) in [4.78, 5) is 23.4. The number of hydrogen-bond acceptors (Lipinski definition) is 4. The molecule has 1 aromatic carbocycles. The number of carboxylic acid groups (broad SMARTS) is 1. The second-order valence-electron chi connectivity index (χ2n) is 5.76. The first kappa shape index (κ1) is 17.4. The Bertz CT molecular complexity index is 721. The van der Waals surface area contributed by atoms with E-state index in [0.717, 1.165) is 6.26 Å². The van der Waals surface area contributed by atoms with Crippen LogP contribution in [0.4, 0.5) is 5.69 Å². The minimum absolute atomic E-state index is 0.148. The van der Waals surface area contributed by atoms with Gasteiger partial charge in [-0.3, -0.25) is 4.79 Å². The normalized spacial score (nSPS) is 17.0. The van der Waals surface area contributed by atoms with E-state index in [9.17, 15) is 18.0 Å². The summed E-state index contributed by atoms with van der Waals surface area (Å²) < 4.78 is 24.3. The average molecular weight is 340 g/mol. The molecule has 0 unspecified atom stereocenters. The topological polar surface area (TPSA) is 104 Å². The molecule has 0 bridgehead atoms. The molecule has 0 spiro atoms. The van der Waals surface area contributed by atoms with Crippen molar-refractivity contribution in [3.05, 3.63) is 29.3 Å². The van der Waals surface area contributed by atoms with Crippen molar-refractivity contribution in [2.45, 2.75) is 19.8 Å². The van der Waals surface area contributed by atoms with Crippen molar-refractivity contribution >= 4 is 27.6 Å². The van der Waals surface area contributed by atoms with Gasteiger partial charge in [0.05, 0.1) is 11.8 Å². The number of carboxylic acids is 1. The van der Waals surface area contributed by atoms with Gasteiger partial charge >= 0.3 is 5.97 Å².